The lowest BCUT2D eigenvalue weighted by atomic mass is 10.1. The molecule has 0 saturated heterocycles. The van der Waals surface area contributed by atoms with Gasteiger partial charge < -0.3 is 19.9 Å². The normalized spacial score (nSPS) is 11.6. The summed E-state index contributed by atoms with van der Waals surface area (Å²) in [5.41, 5.74) is 1.53. The third-order valence-corrected chi connectivity index (χ3v) is 5.59. The minimum absolute atomic E-state index is 0.113. The quantitative estimate of drug-likeness (QED) is 0.453. The topological polar surface area (TPSA) is 111 Å². The maximum absolute atomic E-state index is 12.5. The summed E-state index contributed by atoms with van der Waals surface area (Å²) in [5, 5.41) is 14.9. The number of nitrogens with one attached hydrogen (secondary N) is 2. The molecule has 2 amide bonds. The van der Waals surface area contributed by atoms with Gasteiger partial charge in [-0.25, -0.2) is 0 Å². The van der Waals surface area contributed by atoms with Crippen LogP contribution in [0.5, 0.6) is 5.75 Å². The molecule has 0 fully saturated rings. The molecule has 1 unspecified atom stereocenters. The first-order valence-electron chi connectivity index (χ1n) is 10.2. The molecule has 1 aromatic carbocycles. The van der Waals surface area contributed by atoms with Crippen LogP contribution in [0.1, 0.15) is 31.3 Å². The molecule has 0 radical (unpaired) electrons. The Morgan fingerprint density at radius 3 is 2.59 bits per heavy atom. The molecule has 0 spiro atoms. The van der Waals surface area contributed by atoms with E-state index in [9.17, 15) is 9.59 Å². The average Bonchev–Trinajstić information content (AvgIpc) is 3.22. The molecule has 32 heavy (non-hydrogen) atoms. The van der Waals surface area contributed by atoms with Crippen molar-refractivity contribution < 1.29 is 14.3 Å². The molecule has 10 heteroatoms. The summed E-state index contributed by atoms with van der Waals surface area (Å²) < 4.78 is 7.04. The van der Waals surface area contributed by atoms with Gasteiger partial charge in [-0.1, -0.05) is 23.9 Å². The van der Waals surface area contributed by atoms with Gasteiger partial charge in [0.15, 0.2) is 11.0 Å². The first-order valence-corrected chi connectivity index (χ1v) is 11.2. The maximum atomic E-state index is 12.5. The molecule has 2 heterocycles. The molecule has 168 valence electrons. The Morgan fingerprint density at radius 1 is 1.16 bits per heavy atom. The predicted molar refractivity (Wildman–Crippen MR) is 123 cm³/mol. The molecule has 0 saturated carbocycles. The SMILES string of the molecule is CCn1c(SCC(=O)Nc2cccnc2)nnc1C(C)NC(=O)Cc1ccc(OC)cc1. The van der Waals surface area contributed by atoms with Crippen LogP contribution in [-0.4, -0.2) is 44.4 Å². The van der Waals surface area contributed by atoms with E-state index >= 15 is 0 Å². The minimum atomic E-state index is -0.327. The van der Waals surface area contributed by atoms with Gasteiger partial charge in [-0.05, 0) is 43.7 Å². The number of hydrogen-bond donors (Lipinski definition) is 2. The van der Waals surface area contributed by atoms with Crippen molar-refractivity contribution in [2.24, 2.45) is 0 Å². The largest absolute Gasteiger partial charge is 0.497 e. The Bertz CT molecular complexity index is 1040. The van der Waals surface area contributed by atoms with Crippen molar-refractivity contribution in [1.82, 2.24) is 25.1 Å². The first-order chi connectivity index (χ1) is 15.5. The van der Waals surface area contributed by atoms with E-state index in [4.69, 9.17) is 4.74 Å². The van der Waals surface area contributed by atoms with Crippen LogP contribution in [0.15, 0.2) is 53.9 Å². The number of hydrogen-bond acceptors (Lipinski definition) is 7. The van der Waals surface area contributed by atoms with Crippen molar-refractivity contribution in [1.29, 1.82) is 0 Å². The molecule has 0 aliphatic heterocycles. The predicted octanol–water partition coefficient (Wildman–Crippen LogP) is 2.85. The second kappa shape index (κ2) is 11.3. The molecule has 9 nitrogen and oxygen atoms in total. The Balaban J connectivity index is 1.56. The molecule has 0 aliphatic rings. The van der Waals surface area contributed by atoms with Gasteiger partial charge in [0, 0.05) is 12.7 Å². The highest BCUT2D eigenvalue weighted by Gasteiger charge is 2.20. The number of ether oxygens (including phenoxy) is 1. The number of carbonyl (C=O) groups is 2. The highest BCUT2D eigenvalue weighted by molar-refractivity contribution is 7.99. The highest BCUT2D eigenvalue weighted by atomic mass is 32.2. The van der Waals surface area contributed by atoms with Crippen molar-refractivity contribution in [3.8, 4) is 5.75 Å². The fourth-order valence-electron chi connectivity index (χ4n) is 3.07. The molecule has 2 N–H and O–H groups in total. The lowest BCUT2D eigenvalue weighted by Gasteiger charge is -2.15. The molecule has 0 bridgehead atoms. The Morgan fingerprint density at radius 2 is 1.94 bits per heavy atom. The van der Waals surface area contributed by atoms with Crippen LogP contribution in [-0.2, 0) is 22.6 Å². The summed E-state index contributed by atoms with van der Waals surface area (Å²) in [4.78, 5) is 28.7. The van der Waals surface area contributed by atoms with Crippen LogP contribution < -0.4 is 15.4 Å². The minimum Gasteiger partial charge on any atom is -0.497 e. The third-order valence-electron chi connectivity index (χ3n) is 4.63. The van der Waals surface area contributed by atoms with E-state index in [2.05, 4.69) is 25.8 Å². The van der Waals surface area contributed by atoms with E-state index in [0.29, 0.717) is 23.2 Å². The van der Waals surface area contributed by atoms with Gasteiger partial charge in [-0.2, -0.15) is 0 Å². The summed E-state index contributed by atoms with van der Waals surface area (Å²) in [6, 6.07) is 10.6. The number of aromatic nitrogens is 4. The number of amides is 2. The van der Waals surface area contributed by atoms with Gasteiger partial charge in [-0.3, -0.25) is 14.6 Å². The average molecular weight is 455 g/mol. The molecule has 0 aliphatic carbocycles. The second-order valence-corrected chi connectivity index (χ2v) is 7.92. The monoisotopic (exact) mass is 454 g/mol. The standard InChI is InChI=1S/C22H26N6O3S/c1-4-28-21(15(2)24-19(29)12-16-7-9-18(31-3)10-8-16)26-27-22(28)32-14-20(30)25-17-6-5-11-23-13-17/h5-11,13,15H,4,12,14H2,1-3H3,(H,24,29)(H,25,30). The summed E-state index contributed by atoms with van der Waals surface area (Å²) in [6.45, 7) is 4.46. The van der Waals surface area contributed by atoms with Gasteiger partial charge in [0.25, 0.3) is 0 Å². The Labute approximate surface area is 191 Å². The number of benzene rings is 1. The second-order valence-electron chi connectivity index (χ2n) is 6.98. The van der Waals surface area contributed by atoms with Crippen molar-refractivity contribution in [3.05, 3.63) is 60.2 Å². The number of methoxy groups -OCH3 is 1. The summed E-state index contributed by atoms with van der Waals surface area (Å²) >= 11 is 1.29. The van der Waals surface area contributed by atoms with E-state index in [1.54, 1.807) is 31.6 Å². The summed E-state index contributed by atoms with van der Waals surface area (Å²) in [6.07, 6.45) is 3.49. The maximum Gasteiger partial charge on any atom is 0.234 e. The van der Waals surface area contributed by atoms with Crippen molar-refractivity contribution in [3.63, 3.8) is 0 Å². The molecule has 2 aromatic heterocycles. The van der Waals surface area contributed by atoms with Gasteiger partial charge in [0.2, 0.25) is 11.8 Å². The van der Waals surface area contributed by atoms with Crippen molar-refractivity contribution in [2.75, 3.05) is 18.2 Å². The molecular formula is C22H26N6O3S. The van der Waals surface area contributed by atoms with Crippen LogP contribution in [0.2, 0.25) is 0 Å². The lowest BCUT2D eigenvalue weighted by molar-refractivity contribution is -0.121. The van der Waals surface area contributed by atoms with E-state index in [1.807, 2.05) is 42.7 Å². The van der Waals surface area contributed by atoms with Crippen LogP contribution in [0, 0.1) is 0 Å². The lowest BCUT2D eigenvalue weighted by Crippen LogP contribution is -2.30. The summed E-state index contributed by atoms with van der Waals surface area (Å²) in [5.74, 6) is 1.31. The molecule has 1 atom stereocenters. The van der Waals surface area contributed by atoms with Gasteiger partial charge in [0.05, 0.1) is 37.2 Å². The highest BCUT2D eigenvalue weighted by Crippen LogP contribution is 2.21. The van der Waals surface area contributed by atoms with E-state index < -0.39 is 0 Å². The smallest absolute Gasteiger partial charge is 0.234 e. The van der Waals surface area contributed by atoms with Gasteiger partial charge in [0.1, 0.15) is 5.75 Å². The zero-order valence-corrected chi connectivity index (χ0v) is 19.1. The molecule has 3 aromatic rings. The van der Waals surface area contributed by atoms with E-state index in [1.165, 1.54) is 11.8 Å². The molecule has 3 rings (SSSR count). The number of nitrogens with zero attached hydrogens (tertiary/aromatic N) is 4. The van der Waals surface area contributed by atoms with Gasteiger partial charge >= 0.3 is 0 Å². The van der Waals surface area contributed by atoms with E-state index in [0.717, 1.165) is 11.3 Å². The molecular weight excluding hydrogens is 428 g/mol. The van der Waals surface area contributed by atoms with Crippen LogP contribution in [0.3, 0.4) is 0 Å². The zero-order chi connectivity index (χ0) is 22.9. The van der Waals surface area contributed by atoms with Crippen LogP contribution >= 0.6 is 11.8 Å². The number of thioether (sulfide) groups is 1. The van der Waals surface area contributed by atoms with Crippen LogP contribution in [0.4, 0.5) is 5.69 Å². The number of carbonyl (C=O) groups excluding carboxylic acids is 2. The number of pyridine rings is 1. The first kappa shape index (κ1) is 23.3. The fourth-order valence-corrected chi connectivity index (χ4v) is 3.88. The van der Waals surface area contributed by atoms with Crippen LogP contribution in [0.25, 0.3) is 0 Å². The number of rotatable bonds is 10. The summed E-state index contributed by atoms with van der Waals surface area (Å²) in [7, 11) is 1.60. The third kappa shape index (κ3) is 6.30. The zero-order valence-electron chi connectivity index (χ0n) is 18.2. The fraction of sp³-hybridized carbons (Fsp3) is 0.318. The van der Waals surface area contributed by atoms with E-state index in [-0.39, 0.29) is 30.0 Å². The Hall–Kier alpha value is -3.40. The Kier molecular flexibility index (Phi) is 8.20. The van der Waals surface area contributed by atoms with Gasteiger partial charge in [-0.15, -0.1) is 10.2 Å². The number of anilines is 1. The van der Waals surface area contributed by atoms with Crippen molar-refractivity contribution in [2.45, 2.75) is 38.0 Å². The van der Waals surface area contributed by atoms with Crippen molar-refractivity contribution >= 4 is 29.3 Å².